The van der Waals surface area contributed by atoms with Gasteiger partial charge in [-0.2, -0.15) is 0 Å². The molecule has 0 radical (unpaired) electrons. The monoisotopic (exact) mass is 271 g/mol. The first kappa shape index (κ1) is 13.9. The van der Waals surface area contributed by atoms with Gasteiger partial charge in [-0.3, -0.25) is 9.78 Å². The average Bonchev–Trinajstić information content (AvgIpc) is 2.47. The minimum absolute atomic E-state index is 0.213. The maximum absolute atomic E-state index is 11.5. The van der Waals surface area contributed by atoms with Crippen molar-refractivity contribution >= 4 is 11.7 Å². The van der Waals surface area contributed by atoms with Crippen LogP contribution in [0.4, 0.5) is 5.82 Å². The van der Waals surface area contributed by atoms with Crippen LogP contribution in [0.3, 0.4) is 0 Å². The Hall–Kier alpha value is -2.50. The second kappa shape index (κ2) is 6.60. The summed E-state index contributed by atoms with van der Waals surface area (Å²) in [6.07, 6.45) is 3.58. The molecule has 1 amide bonds. The van der Waals surface area contributed by atoms with Gasteiger partial charge in [0.1, 0.15) is 5.82 Å². The molecule has 0 spiro atoms. The number of pyridine rings is 1. The van der Waals surface area contributed by atoms with E-state index in [9.17, 15) is 4.79 Å². The summed E-state index contributed by atoms with van der Waals surface area (Å²) in [5.41, 5.74) is 2.58. The molecular formula is C14H17N5O. The molecule has 2 rings (SSSR count). The molecule has 104 valence electrons. The Labute approximate surface area is 117 Å². The lowest BCUT2D eigenvalue weighted by atomic mass is 10.1. The molecule has 6 heteroatoms. The number of carbonyl (C=O) groups is 1. The van der Waals surface area contributed by atoms with Gasteiger partial charge < -0.3 is 10.6 Å². The molecular weight excluding hydrogens is 254 g/mol. The number of carbonyl (C=O) groups excluding carboxylic acids is 1. The summed E-state index contributed by atoms with van der Waals surface area (Å²) in [6, 6.07) is 5.35. The summed E-state index contributed by atoms with van der Waals surface area (Å²) in [5.74, 6) is 0.413. The number of rotatable bonds is 5. The van der Waals surface area contributed by atoms with Gasteiger partial charge in [0.2, 0.25) is 0 Å². The summed E-state index contributed by atoms with van der Waals surface area (Å²) in [5, 5.41) is 13.7. The Morgan fingerprint density at radius 3 is 2.75 bits per heavy atom. The van der Waals surface area contributed by atoms with Gasteiger partial charge in [-0.25, -0.2) is 0 Å². The fraction of sp³-hybridized carbons (Fsp3) is 0.286. The van der Waals surface area contributed by atoms with Gasteiger partial charge in [-0.15, -0.1) is 10.2 Å². The van der Waals surface area contributed by atoms with Crippen molar-refractivity contribution in [2.75, 3.05) is 11.9 Å². The Bertz CT molecular complexity index is 582. The molecule has 0 aliphatic heterocycles. The highest BCUT2D eigenvalue weighted by Gasteiger charge is 2.06. The summed E-state index contributed by atoms with van der Waals surface area (Å²) >= 11 is 0. The second-order valence-electron chi connectivity index (χ2n) is 4.32. The summed E-state index contributed by atoms with van der Waals surface area (Å²) in [6.45, 7) is 5.08. The summed E-state index contributed by atoms with van der Waals surface area (Å²) in [4.78, 5) is 15.6. The maximum atomic E-state index is 11.5. The molecule has 0 unspecified atom stereocenters. The van der Waals surface area contributed by atoms with Crippen LogP contribution in [0, 0.1) is 6.92 Å². The van der Waals surface area contributed by atoms with Crippen LogP contribution in [-0.2, 0) is 6.54 Å². The van der Waals surface area contributed by atoms with Gasteiger partial charge >= 0.3 is 0 Å². The van der Waals surface area contributed by atoms with E-state index in [0.29, 0.717) is 24.6 Å². The zero-order chi connectivity index (χ0) is 14.4. The quantitative estimate of drug-likeness (QED) is 0.862. The Kier molecular flexibility index (Phi) is 4.60. The first-order chi connectivity index (χ1) is 9.70. The number of amides is 1. The number of aromatic nitrogens is 3. The molecule has 0 aliphatic rings. The van der Waals surface area contributed by atoms with Gasteiger partial charge in [-0.05, 0) is 43.2 Å². The molecule has 0 aromatic carbocycles. The van der Waals surface area contributed by atoms with Crippen molar-refractivity contribution in [1.82, 2.24) is 20.5 Å². The van der Waals surface area contributed by atoms with Crippen molar-refractivity contribution in [1.29, 1.82) is 0 Å². The zero-order valence-electron chi connectivity index (χ0n) is 11.6. The van der Waals surface area contributed by atoms with Crippen LogP contribution in [0.5, 0.6) is 0 Å². The van der Waals surface area contributed by atoms with E-state index in [1.54, 1.807) is 18.3 Å². The van der Waals surface area contributed by atoms with Gasteiger partial charge in [0.15, 0.2) is 5.69 Å². The average molecular weight is 271 g/mol. The number of nitrogens with one attached hydrogen (secondary N) is 2. The third-order valence-electron chi connectivity index (χ3n) is 2.84. The maximum Gasteiger partial charge on any atom is 0.271 e. The number of aryl methyl sites for hydroxylation is 1. The van der Waals surface area contributed by atoms with Crippen LogP contribution in [0.1, 0.15) is 28.5 Å². The molecule has 2 aromatic rings. The van der Waals surface area contributed by atoms with Crippen molar-refractivity contribution in [3.8, 4) is 0 Å². The minimum Gasteiger partial charge on any atom is -0.364 e. The lowest BCUT2D eigenvalue weighted by Crippen LogP contribution is -2.24. The lowest BCUT2D eigenvalue weighted by molar-refractivity contribution is 0.0950. The minimum atomic E-state index is -0.213. The lowest BCUT2D eigenvalue weighted by Gasteiger charge is -2.07. The van der Waals surface area contributed by atoms with Gasteiger partial charge in [0.25, 0.3) is 5.91 Å². The van der Waals surface area contributed by atoms with Crippen LogP contribution in [0.15, 0.2) is 30.6 Å². The molecule has 6 nitrogen and oxygen atoms in total. The summed E-state index contributed by atoms with van der Waals surface area (Å²) < 4.78 is 0. The van der Waals surface area contributed by atoms with E-state index in [1.807, 2.05) is 26.1 Å². The van der Waals surface area contributed by atoms with Crippen molar-refractivity contribution in [2.45, 2.75) is 20.4 Å². The first-order valence-corrected chi connectivity index (χ1v) is 6.46. The third-order valence-corrected chi connectivity index (χ3v) is 2.84. The predicted octanol–water partition coefficient (Wildman–Crippen LogP) is 1.54. The zero-order valence-corrected chi connectivity index (χ0v) is 11.6. The first-order valence-electron chi connectivity index (χ1n) is 6.46. The van der Waals surface area contributed by atoms with E-state index in [1.165, 1.54) is 5.56 Å². The molecule has 0 saturated heterocycles. The van der Waals surface area contributed by atoms with Crippen molar-refractivity contribution in [2.24, 2.45) is 0 Å². The highest BCUT2D eigenvalue weighted by atomic mass is 16.1. The van der Waals surface area contributed by atoms with E-state index < -0.39 is 0 Å². The highest BCUT2D eigenvalue weighted by molar-refractivity contribution is 5.92. The third kappa shape index (κ3) is 3.50. The van der Waals surface area contributed by atoms with E-state index in [0.717, 1.165) is 5.56 Å². The van der Waals surface area contributed by atoms with E-state index in [2.05, 4.69) is 25.8 Å². The van der Waals surface area contributed by atoms with E-state index in [4.69, 9.17) is 0 Å². The van der Waals surface area contributed by atoms with Crippen LogP contribution in [-0.4, -0.2) is 27.6 Å². The van der Waals surface area contributed by atoms with Crippen molar-refractivity contribution < 1.29 is 4.79 Å². The van der Waals surface area contributed by atoms with Crippen LogP contribution >= 0.6 is 0 Å². The highest BCUT2D eigenvalue weighted by Crippen LogP contribution is 2.08. The van der Waals surface area contributed by atoms with Crippen LogP contribution in [0.2, 0.25) is 0 Å². The fourth-order valence-electron chi connectivity index (χ4n) is 1.67. The number of anilines is 1. The molecule has 2 N–H and O–H groups in total. The normalized spacial score (nSPS) is 10.1. The Morgan fingerprint density at radius 1 is 1.25 bits per heavy atom. The standard InChI is InChI=1S/C14H17N5O/c1-3-16-14(20)12-4-5-13(19-18-12)17-9-11-8-15-7-6-10(11)2/h4-8H,3,9H2,1-2H3,(H,16,20)(H,17,19). The predicted molar refractivity (Wildman–Crippen MR) is 76.3 cm³/mol. The molecule has 0 fully saturated rings. The molecule has 0 bridgehead atoms. The van der Waals surface area contributed by atoms with Gasteiger partial charge in [0.05, 0.1) is 0 Å². The number of nitrogens with zero attached hydrogens (tertiary/aromatic N) is 3. The number of hydrogen-bond acceptors (Lipinski definition) is 5. The Morgan fingerprint density at radius 2 is 2.10 bits per heavy atom. The van der Waals surface area contributed by atoms with Crippen molar-refractivity contribution in [3.63, 3.8) is 0 Å². The van der Waals surface area contributed by atoms with Crippen molar-refractivity contribution in [3.05, 3.63) is 47.4 Å². The smallest absolute Gasteiger partial charge is 0.271 e. The SMILES string of the molecule is CCNC(=O)c1ccc(NCc2cnccc2C)nn1. The van der Waals surface area contributed by atoms with E-state index in [-0.39, 0.29) is 5.91 Å². The second-order valence-corrected chi connectivity index (χ2v) is 4.32. The molecule has 20 heavy (non-hydrogen) atoms. The largest absolute Gasteiger partial charge is 0.364 e. The Balaban J connectivity index is 1.98. The van der Waals surface area contributed by atoms with Gasteiger partial charge in [0, 0.05) is 25.5 Å². The van der Waals surface area contributed by atoms with Gasteiger partial charge in [-0.1, -0.05) is 0 Å². The molecule has 2 aromatic heterocycles. The fourth-order valence-corrected chi connectivity index (χ4v) is 1.67. The molecule has 0 atom stereocenters. The number of hydrogen-bond donors (Lipinski definition) is 2. The molecule has 0 aliphatic carbocycles. The van der Waals surface area contributed by atoms with E-state index >= 15 is 0 Å². The summed E-state index contributed by atoms with van der Waals surface area (Å²) in [7, 11) is 0. The van der Waals surface area contributed by atoms with Crippen LogP contribution in [0.25, 0.3) is 0 Å². The molecule has 0 saturated carbocycles. The van der Waals surface area contributed by atoms with Crippen LogP contribution < -0.4 is 10.6 Å². The molecule has 2 heterocycles. The topological polar surface area (TPSA) is 79.8 Å².